The van der Waals surface area contributed by atoms with Crippen LogP contribution in [0.1, 0.15) is 38.3 Å². The van der Waals surface area contributed by atoms with Gasteiger partial charge in [-0.05, 0) is 12.5 Å². The average molecular weight is 291 g/mol. The maximum absolute atomic E-state index is 11.9. The van der Waals surface area contributed by atoms with Crippen molar-refractivity contribution in [2.24, 2.45) is 5.92 Å². The molecule has 5 nitrogen and oxygen atoms in total. The van der Waals surface area contributed by atoms with Crippen molar-refractivity contribution in [3.63, 3.8) is 0 Å². The highest BCUT2D eigenvalue weighted by atomic mass is 16.5. The monoisotopic (exact) mass is 291 g/mol. The van der Waals surface area contributed by atoms with E-state index in [0.29, 0.717) is 19.4 Å². The summed E-state index contributed by atoms with van der Waals surface area (Å²) in [6.07, 6.45) is 1.41. The molecule has 1 heterocycles. The molecule has 1 aromatic carbocycles. The van der Waals surface area contributed by atoms with Crippen LogP contribution in [0, 0.1) is 5.92 Å². The van der Waals surface area contributed by atoms with Gasteiger partial charge in [-0.3, -0.25) is 9.59 Å². The van der Waals surface area contributed by atoms with Crippen LogP contribution in [0.5, 0.6) is 5.75 Å². The molecule has 2 unspecified atom stereocenters. The minimum Gasteiger partial charge on any atom is -0.493 e. The molecule has 1 amide bonds. The Kier molecular flexibility index (Phi) is 5.20. The standard InChI is InChI=1S/C16H21NO4/c1-3-11(2)16(19)21-10-15(18)17-13-8-9-20-14-7-5-4-6-12(13)14/h4-7,11,13H,3,8-10H2,1-2H3,(H,17,18). The van der Waals surface area contributed by atoms with Gasteiger partial charge in [-0.25, -0.2) is 0 Å². The molecule has 2 atom stereocenters. The van der Waals surface area contributed by atoms with E-state index in [2.05, 4.69) is 5.32 Å². The first kappa shape index (κ1) is 15.4. The number of ether oxygens (including phenoxy) is 2. The highest BCUT2D eigenvalue weighted by molar-refractivity contribution is 5.81. The highest BCUT2D eigenvalue weighted by Crippen LogP contribution is 2.31. The van der Waals surface area contributed by atoms with Crippen molar-refractivity contribution in [1.82, 2.24) is 5.32 Å². The summed E-state index contributed by atoms with van der Waals surface area (Å²) in [4.78, 5) is 23.5. The first-order chi connectivity index (χ1) is 10.1. The van der Waals surface area contributed by atoms with Crippen molar-refractivity contribution in [1.29, 1.82) is 0 Å². The summed E-state index contributed by atoms with van der Waals surface area (Å²) in [5.74, 6) is 0.000593. The fraction of sp³-hybridized carbons (Fsp3) is 0.500. The predicted octanol–water partition coefficient (Wildman–Crippen LogP) is 2.22. The first-order valence-corrected chi connectivity index (χ1v) is 7.29. The number of benzene rings is 1. The fourth-order valence-corrected chi connectivity index (χ4v) is 2.17. The Bertz CT molecular complexity index is 515. The van der Waals surface area contributed by atoms with E-state index in [4.69, 9.17) is 9.47 Å². The summed E-state index contributed by atoms with van der Waals surface area (Å²) in [6, 6.07) is 7.54. The zero-order valence-electron chi connectivity index (χ0n) is 12.4. The van der Waals surface area contributed by atoms with Crippen LogP contribution in [-0.4, -0.2) is 25.1 Å². The second-order valence-electron chi connectivity index (χ2n) is 5.21. The van der Waals surface area contributed by atoms with E-state index < -0.39 is 0 Å². The molecule has 0 saturated carbocycles. The van der Waals surface area contributed by atoms with Gasteiger partial charge >= 0.3 is 5.97 Å². The molecular formula is C16H21NO4. The van der Waals surface area contributed by atoms with Gasteiger partial charge in [0.2, 0.25) is 0 Å². The number of fused-ring (bicyclic) bond motifs is 1. The van der Waals surface area contributed by atoms with Crippen molar-refractivity contribution in [3.8, 4) is 5.75 Å². The lowest BCUT2D eigenvalue weighted by atomic mass is 10.0. The molecule has 0 bridgehead atoms. The average Bonchev–Trinajstić information content (AvgIpc) is 2.52. The van der Waals surface area contributed by atoms with Crippen LogP contribution in [0.3, 0.4) is 0 Å². The van der Waals surface area contributed by atoms with Gasteiger partial charge in [0.15, 0.2) is 6.61 Å². The molecule has 0 saturated heterocycles. The number of hydrogen-bond acceptors (Lipinski definition) is 4. The zero-order chi connectivity index (χ0) is 15.2. The Labute approximate surface area is 124 Å². The lowest BCUT2D eigenvalue weighted by Crippen LogP contribution is -2.35. The molecule has 2 rings (SSSR count). The van der Waals surface area contributed by atoms with Crippen LogP contribution in [0.15, 0.2) is 24.3 Å². The first-order valence-electron chi connectivity index (χ1n) is 7.29. The summed E-state index contributed by atoms with van der Waals surface area (Å²) in [5, 5.41) is 2.89. The molecule has 0 fully saturated rings. The van der Waals surface area contributed by atoms with Crippen molar-refractivity contribution in [2.45, 2.75) is 32.7 Å². The minimum atomic E-state index is -0.333. The van der Waals surface area contributed by atoms with E-state index in [9.17, 15) is 9.59 Å². The second-order valence-corrected chi connectivity index (χ2v) is 5.21. The van der Waals surface area contributed by atoms with Gasteiger partial charge in [0.25, 0.3) is 5.91 Å². The lowest BCUT2D eigenvalue weighted by Gasteiger charge is -2.26. The van der Waals surface area contributed by atoms with Gasteiger partial charge in [-0.15, -0.1) is 0 Å². The van der Waals surface area contributed by atoms with Crippen molar-refractivity contribution < 1.29 is 19.1 Å². The molecule has 0 aliphatic carbocycles. The summed E-state index contributed by atoms with van der Waals surface area (Å²) in [7, 11) is 0. The summed E-state index contributed by atoms with van der Waals surface area (Å²) in [6.45, 7) is 4.03. The quantitative estimate of drug-likeness (QED) is 0.845. The smallest absolute Gasteiger partial charge is 0.309 e. The van der Waals surface area contributed by atoms with Crippen molar-refractivity contribution >= 4 is 11.9 Å². The molecule has 0 spiro atoms. The van der Waals surface area contributed by atoms with E-state index in [0.717, 1.165) is 11.3 Å². The number of nitrogens with one attached hydrogen (secondary N) is 1. The van der Waals surface area contributed by atoms with Gasteiger partial charge in [0.05, 0.1) is 18.6 Å². The molecule has 114 valence electrons. The Hall–Kier alpha value is -2.04. The van der Waals surface area contributed by atoms with Gasteiger partial charge in [0.1, 0.15) is 5.75 Å². The van der Waals surface area contributed by atoms with Gasteiger partial charge in [-0.2, -0.15) is 0 Å². The van der Waals surface area contributed by atoms with Crippen LogP contribution < -0.4 is 10.1 Å². The molecule has 1 aliphatic rings. The van der Waals surface area contributed by atoms with Gasteiger partial charge in [0, 0.05) is 12.0 Å². The Morgan fingerprint density at radius 3 is 2.95 bits per heavy atom. The highest BCUT2D eigenvalue weighted by Gasteiger charge is 2.23. The van der Waals surface area contributed by atoms with Crippen LogP contribution in [0.25, 0.3) is 0 Å². The SMILES string of the molecule is CCC(C)C(=O)OCC(=O)NC1CCOc2ccccc21. The third-order valence-corrected chi connectivity index (χ3v) is 3.65. The zero-order valence-corrected chi connectivity index (χ0v) is 12.4. The van der Waals surface area contributed by atoms with Crippen LogP contribution in [-0.2, 0) is 14.3 Å². The van der Waals surface area contributed by atoms with E-state index in [1.807, 2.05) is 31.2 Å². The Morgan fingerprint density at radius 1 is 1.43 bits per heavy atom. The molecule has 21 heavy (non-hydrogen) atoms. The van der Waals surface area contributed by atoms with Crippen molar-refractivity contribution in [3.05, 3.63) is 29.8 Å². The third-order valence-electron chi connectivity index (χ3n) is 3.65. The number of para-hydroxylation sites is 1. The van der Waals surface area contributed by atoms with Crippen LogP contribution >= 0.6 is 0 Å². The number of hydrogen-bond donors (Lipinski definition) is 1. The maximum atomic E-state index is 11.9. The topological polar surface area (TPSA) is 64.6 Å². The maximum Gasteiger partial charge on any atom is 0.309 e. The second kappa shape index (κ2) is 7.11. The summed E-state index contributed by atoms with van der Waals surface area (Å²) in [5.41, 5.74) is 0.963. The Morgan fingerprint density at radius 2 is 2.19 bits per heavy atom. The predicted molar refractivity (Wildman–Crippen MR) is 77.9 cm³/mol. The number of carbonyl (C=O) groups excluding carboxylic acids is 2. The van der Waals surface area contributed by atoms with Crippen LogP contribution in [0.4, 0.5) is 0 Å². The van der Waals surface area contributed by atoms with Crippen molar-refractivity contribution in [2.75, 3.05) is 13.2 Å². The molecular weight excluding hydrogens is 270 g/mol. The molecule has 5 heteroatoms. The summed E-state index contributed by atoms with van der Waals surface area (Å²) < 4.78 is 10.5. The molecule has 1 aromatic rings. The normalized spacial score (nSPS) is 18.1. The lowest BCUT2D eigenvalue weighted by molar-refractivity contribution is -0.152. The minimum absolute atomic E-state index is 0.0928. The van der Waals surface area contributed by atoms with Gasteiger partial charge in [-0.1, -0.05) is 32.0 Å². The number of rotatable bonds is 5. The van der Waals surface area contributed by atoms with Crippen LogP contribution in [0.2, 0.25) is 0 Å². The van der Waals surface area contributed by atoms with Gasteiger partial charge < -0.3 is 14.8 Å². The number of carbonyl (C=O) groups is 2. The van der Waals surface area contributed by atoms with E-state index >= 15 is 0 Å². The number of esters is 1. The molecule has 1 aliphatic heterocycles. The fourth-order valence-electron chi connectivity index (χ4n) is 2.17. The Balaban J connectivity index is 1.88. The molecule has 0 radical (unpaired) electrons. The summed E-state index contributed by atoms with van der Waals surface area (Å²) >= 11 is 0. The third kappa shape index (κ3) is 3.97. The van der Waals surface area contributed by atoms with E-state index in [1.165, 1.54) is 0 Å². The molecule has 0 aromatic heterocycles. The number of amides is 1. The largest absolute Gasteiger partial charge is 0.493 e. The van der Waals surface area contributed by atoms with E-state index in [1.54, 1.807) is 6.92 Å². The molecule has 1 N–H and O–H groups in total. The van der Waals surface area contributed by atoms with E-state index in [-0.39, 0.29) is 30.4 Å².